The molecule has 0 saturated carbocycles. The SMILES string of the molecule is Cc1c(O)cc(O)c2c(=O)c(O[C@@H]3OC[C@@H](O)C(O)C3O)c(-c3ccc(O)c(O)c3)oc12. The highest BCUT2D eigenvalue weighted by Crippen LogP contribution is 2.40. The van der Waals surface area contributed by atoms with Gasteiger partial charge in [0, 0.05) is 17.2 Å². The molecule has 1 aromatic heterocycles. The number of fused-ring (bicyclic) bond motifs is 1. The summed E-state index contributed by atoms with van der Waals surface area (Å²) in [6.07, 6.45) is -6.31. The van der Waals surface area contributed by atoms with Gasteiger partial charge in [-0.3, -0.25) is 4.79 Å². The summed E-state index contributed by atoms with van der Waals surface area (Å²) in [5, 5.41) is 69.2. The Labute approximate surface area is 179 Å². The van der Waals surface area contributed by atoms with Gasteiger partial charge in [-0.2, -0.15) is 0 Å². The van der Waals surface area contributed by atoms with E-state index in [0.717, 1.165) is 18.2 Å². The number of phenols is 4. The molecule has 1 aliphatic heterocycles. The molecule has 2 aromatic carbocycles. The highest BCUT2D eigenvalue weighted by molar-refractivity contribution is 5.91. The zero-order valence-electron chi connectivity index (χ0n) is 16.6. The van der Waals surface area contributed by atoms with Gasteiger partial charge in [-0.1, -0.05) is 0 Å². The van der Waals surface area contributed by atoms with Crippen LogP contribution in [-0.2, 0) is 4.74 Å². The molecule has 2 unspecified atom stereocenters. The van der Waals surface area contributed by atoms with Crippen LogP contribution in [0.1, 0.15) is 5.56 Å². The van der Waals surface area contributed by atoms with Crippen molar-refractivity contribution in [1.82, 2.24) is 0 Å². The topological polar surface area (TPSA) is 190 Å². The third-order valence-electron chi connectivity index (χ3n) is 5.25. The monoisotopic (exact) mass is 448 g/mol. The minimum atomic E-state index is -1.73. The highest BCUT2D eigenvalue weighted by Gasteiger charge is 2.40. The van der Waals surface area contributed by atoms with Gasteiger partial charge >= 0.3 is 0 Å². The second-order valence-corrected chi connectivity index (χ2v) is 7.40. The molecule has 2 heterocycles. The molecular weight excluding hydrogens is 428 g/mol. The van der Waals surface area contributed by atoms with Gasteiger partial charge < -0.3 is 49.6 Å². The Morgan fingerprint density at radius 3 is 2.34 bits per heavy atom. The summed E-state index contributed by atoms with van der Waals surface area (Å²) in [5.41, 5.74) is -0.852. The molecule has 4 atom stereocenters. The molecule has 11 heteroatoms. The van der Waals surface area contributed by atoms with Crippen molar-refractivity contribution in [2.75, 3.05) is 6.61 Å². The standard InChI is InChI=1S/C21H20O11/c1-7-10(23)5-12(25)14-16(28)20(32-21-17(29)15(27)13(26)6-30-21)19(31-18(7)14)8-2-3-9(22)11(24)4-8/h2-5,13,15,17,21-27,29H,6H2,1H3/t13-,15?,17?,21+/m1/s1. The fourth-order valence-electron chi connectivity index (χ4n) is 3.40. The summed E-state index contributed by atoms with van der Waals surface area (Å²) < 4.78 is 16.5. The Morgan fingerprint density at radius 2 is 1.66 bits per heavy atom. The molecule has 1 fully saturated rings. The first-order valence-electron chi connectivity index (χ1n) is 9.47. The van der Waals surface area contributed by atoms with Gasteiger partial charge in [0.25, 0.3) is 0 Å². The maximum atomic E-state index is 13.3. The largest absolute Gasteiger partial charge is 0.507 e. The summed E-state index contributed by atoms with van der Waals surface area (Å²) in [6, 6.07) is 4.48. The second kappa shape index (κ2) is 7.88. The van der Waals surface area contributed by atoms with Crippen LogP contribution in [0.15, 0.2) is 33.5 Å². The van der Waals surface area contributed by atoms with Crippen LogP contribution in [0.5, 0.6) is 28.7 Å². The number of ether oxygens (including phenoxy) is 2. The lowest BCUT2D eigenvalue weighted by atomic mass is 10.0. The molecular formula is C21H20O11. The van der Waals surface area contributed by atoms with Crippen LogP contribution in [0.2, 0.25) is 0 Å². The van der Waals surface area contributed by atoms with Crippen molar-refractivity contribution in [3.05, 3.63) is 40.1 Å². The average molecular weight is 448 g/mol. The molecule has 11 nitrogen and oxygen atoms in total. The first-order valence-corrected chi connectivity index (χ1v) is 9.47. The second-order valence-electron chi connectivity index (χ2n) is 7.40. The van der Waals surface area contributed by atoms with Crippen molar-refractivity contribution in [1.29, 1.82) is 0 Å². The zero-order valence-corrected chi connectivity index (χ0v) is 16.6. The van der Waals surface area contributed by atoms with Crippen LogP contribution in [0, 0.1) is 6.92 Å². The fraction of sp³-hybridized carbons (Fsp3) is 0.286. The third-order valence-corrected chi connectivity index (χ3v) is 5.25. The Morgan fingerprint density at radius 1 is 0.938 bits per heavy atom. The lowest BCUT2D eigenvalue weighted by molar-refractivity contribution is -0.242. The van der Waals surface area contributed by atoms with Crippen molar-refractivity contribution < 1.29 is 49.6 Å². The number of aliphatic hydroxyl groups is 3. The van der Waals surface area contributed by atoms with Crippen LogP contribution in [0.4, 0.5) is 0 Å². The average Bonchev–Trinajstić information content (AvgIpc) is 2.75. The molecule has 7 N–H and O–H groups in total. The van der Waals surface area contributed by atoms with Crippen LogP contribution < -0.4 is 10.2 Å². The molecule has 1 aliphatic rings. The van der Waals surface area contributed by atoms with E-state index in [1.165, 1.54) is 13.0 Å². The van der Waals surface area contributed by atoms with E-state index in [1.807, 2.05) is 0 Å². The Balaban J connectivity index is 1.96. The summed E-state index contributed by atoms with van der Waals surface area (Å²) in [5.74, 6) is -2.72. The highest BCUT2D eigenvalue weighted by atomic mass is 16.7. The Hall–Kier alpha value is -3.51. The number of phenolic OH excluding ortho intramolecular Hbond substituents is 4. The molecule has 0 spiro atoms. The van der Waals surface area contributed by atoms with Gasteiger partial charge in [-0.15, -0.1) is 0 Å². The van der Waals surface area contributed by atoms with Crippen molar-refractivity contribution in [3.8, 4) is 40.1 Å². The fourth-order valence-corrected chi connectivity index (χ4v) is 3.40. The van der Waals surface area contributed by atoms with Crippen molar-refractivity contribution in [3.63, 3.8) is 0 Å². The number of hydrogen-bond acceptors (Lipinski definition) is 11. The van der Waals surface area contributed by atoms with Crippen LogP contribution in [-0.4, -0.2) is 67.0 Å². The van der Waals surface area contributed by atoms with Gasteiger partial charge in [-0.05, 0) is 25.1 Å². The molecule has 4 rings (SSSR count). The van der Waals surface area contributed by atoms with Crippen molar-refractivity contribution in [2.45, 2.75) is 31.5 Å². The van der Waals surface area contributed by atoms with Gasteiger partial charge in [0.15, 0.2) is 17.3 Å². The molecule has 170 valence electrons. The minimum absolute atomic E-state index is 0.0717. The number of rotatable bonds is 3. The summed E-state index contributed by atoms with van der Waals surface area (Å²) in [4.78, 5) is 13.3. The van der Waals surface area contributed by atoms with Gasteiger partial charge in [0.05, 0.1) is 6.61 Å². The number of aromatic hydroxyl groups is 4. The number of hydrogen-bond donors (Lipinski definition) is 7. The van der Waals surface area contributed by atoms with Crippen LogP contribution >= 0.6 is 0 Å². The maximum Gasteiger partial charge on any atom is 0.239 e. The van der Waals surface area contributed by atoms with E-state index in [4.69, 9.17) is 13.9 Å². The van der Waals surface area contributed by atoms with Crippen LogP contribution in [0.3, 0.4) is 0 Å². The van der Waals surface area contributed by atoms with E-state index in [1.54, 1.807) is 0 Å². The zero-order chi connectivity index (χ0) is 23.3. The summed E-state index contributed by atoms with van der Waals surface area (Å²) >= 11 is 0. The van der Waals surface area contributed by atoms with Gasteiger partial charge in [-0.25, -0.2) is 0 Å². The lowest BCUT2D eigenvalue weighted by Gasteiger charge is -2.34. The molecule has 0 amide bonds. The quantitative estimate of drug-likeness (QED) is 0.275. The van der Waals surface area contributed by atoms with Crippen molar-refractivity contribution >= 4 is 11.0 Å². The first kappa shape index (κ1) is 21.7. The molecule has 0 aliphatic carbocycles. The van der Waals surface area contributed by atoms with E-state index in [9.17, 15) is 40.5 Å². The summed E-state index contributed by atoms with van der Waals surface area (Å²) in [6.45, 7) is 1.06. The number of benzene rings is 2. The van der Waals surface area contributed by atoms with E-state index in [0.29, 0.717) is 0 Å². The van der Waals surface area contributed by atoms with E-state index in [2.05, 4.69) is 0 Å². The first-order chi connectivity index (χ1) is 15.1. The smallest absolute Gasteiger partial charge is 0.239 e. The molecule has 3 aromatic rings. The maximum absolute atomic E-state index is 13.3. The van der Waals surface area contributed by atoms with E-state index >= 15 is 0 Å². The Kier molecular flexibility index (Phi) is 5.34. The predicted octanol–water partition coefficient (Wildman–Crippen LogP) is 0.409. The minimum Gasteiger partial charge on any atom is -0.507 e. The summed E-state index contributed by atoms with van der Waals surface area (Å²) in [7, 11) is 0. The van der Waals surface area contributed by atoms with Gasteiger partial charge in [0.2, 0.25) is 17.5 Å². The van der Waals surface area contributed by atoms with Crippen LogP contribution in [0.25, 0.3) is 22.3 Å². The van der Waals surface area contributed by atoms with E-state index < -0.39 is 59.6 Å². The van der Waals surface area contributed by atoms with Crippen molar-refractivity contribution in [2.24, 2.45) is 0 Å². The molecule has 0 bridgehead atoms. The number of aryl methyl sites for hydroxylation is 1. The molecule has 0 radical (unpaired) electrons. The molecule has 1 saturated heterocycles. The third kappa shape index (κ3) is 3.46. The van der Waals surface area contributed by atoms with Gasteiger partial charge in [0.1, 0.15) is 40.8 Å². The normalized spacial score (nSPS) is 23.4. The molecule has 32 heavy (non-hydrogen) atoms. The number of aliphatic hydroxyl groups excluding tert-OH is 3. The predicted molar refractivity (Wildman–Crippen MR) is 108 cm³/mol. The lowest BCUT2D eigenvalue weighted by Crippen LogP contribution is -2.55. The Bertz CT molecular complexity index is 1250. The van der Waals surface area contributed by atoms with E-state index in [-0.39, 0.29) is 33.6 Å².